The van der Waals surface area contributed by atoms with E-state index in [1.165, 1.54) is 23.1 Å². The summed E-state index contributed by atoms with van der Waals surface area (Å²) in [7, 11) is 1.55. The molecule has 2 N–H and O–H groups in total. The molecule has 6 nitrogen and oxygen atoms in total. The summed E-state index contributed by atoms with van der Waals surface area (Å²) in [6.45, 7) is 1.79. The van der Waals surface area contributed by atoms with Crippen LogP contribution in [0.3, 0.4) is 0 Å². The van der Waals surface area contributed by atoms with Crippen molar-refractivity contribution in [2.45, 2.75) is 22.6 Å². The lowest BCUT2D eigenvalue weighted by Gasteiger charge is -2.01. The minimum atomic E-state index is -0.871. The average Bonchev–Trinajstić information content (AvgIpc) is 2.77. The number of carboxylic acids is 1. The highest BCUT2D eigenvalue weighted by atomic mass is 32.2. The topological polar surface area (TPSA) is 92.2 Å². The molecular formula is C13H13N3O3S2. The Morgan fingerprint density at radius 3 is 2.90 bits per heavy atom. The number of carboxylic acid groups (broad SMARTS) is 1. The number of nitrogens with zero attached hydrogens (tertiary/aromatic N) is 2. The number of aryl methyl sites for hydroxylation is 1. The summed E-state index contributed by atoms with van der Waals surface area (Å²) in [6, 6.07) is 3.46. The molecule has 0 aliphatic heterocycles. The monoisotopic (exact) mass is 323 g/mol. The summed E-state index contributed by atoms with van der Waals surface area (Å²) in [5.41, 5.74) is 1.06. The fourth-order valence-electron chi connectivity index (χ4n) is 1.57. The van der Waals surface area contributed by atoms with Crippen LogP contribution in [0.1, 0.15) is 21.1 Å². The maximum absolute atomic E-state index is 11.5. The van der Waals surface area contributed by atoms with Crippen LogP contribution < -0.4 is 5.32 Å². The third-order valence-corrected chi connectivity index (χ3v) is 4.79. The first-order valence-corrected chi connectivity index (χ1v) is 7.67. The fraction of sp³-hybridized carbons (Fsp3) is 0.231. The van der Waals surface area contributed by atoms with E-state index in [1.807, 2.05) is 0 Å². The van der Waals surface area contributed by atoms with Gasteiger partial charge in [0.05, 0.1) is 12.1 Å². The van der Waals surface area contributed by atoms with E-state index in [4.69, 9.17) is 5.11 Å². The molecule has 0 radical (unpaired) electrons. The van der Waals surface area contributed by atoms with Gasteiger partial charge in [-0.25, -0.2) is 4.98 Å². The van der Waals surface area contributed by atoms with Gasteiger partial charge in [-0.15, -0.1) is 11.3 Å². The summed E-state index contributed by atoms with van der Waals surface area (Å²) in [5.74, 6) is -1.12. The highest BCUT2D eigenvalue weighted by Gasteiger charge is 2.13. The van der Waals surface area contributed by atoms with Gasteiger partial charge in [0.1, 0.15) is 5.69 Å². The molecule has 0 fully saturated rings. The molecule has 2 aromatic rings. The van der Waals surface area contributed by atoms with Gasteiger partial charge in [-0.05, 0) is 19.1 Å². The molecule has 0 saturated heterocycles. The number of amides is 1. The molecule has 0 spiro atoms. The number of aliphatic carboxylic acids is 1. The minimum absolute atomic E-state index is 0.0239. The minimum Gasteiger partial charge on any atom is -0.481 e. The van der Waals surface area contributed by atoms with E-state index in [-0.39, 0.29) is 12.3 Å². The van der Waals surface area contributed by atoms with Gasteiger partial charge in [-0.2, -0.15) is 0 Å². The van der Waals surface area contributed by atoms with E-state index in [9.17, 15) is 9.59 Å². The lowest BCUT2D eigenvalue weighted by molar-refractivity contribution is -0.136. The van der Waals surface area contributed by atoms with Crippen molar-refractivity contribution in [1.82, 2.24) is 15.3 Å². The number of thiazole rings is 1. The highest BCUT2D eigenvalue weighted by molar-refractivity contribution is 8.01. The number of carbonyl (C=O) groups is 2. The van der Waals surface area contributed by atoms with Crippen molar-refractivity contribution in [3.8, 4) is 0 Å². The number of hydrogen-bond acceptors (Lipinski definition) is 6. The Kier molecular flexibility index (Phi) is 4.92. The van der Waals surface area contributed by atoms with Gasteiger partial charge in [-0.1, -0.05) is 11.8 Å². The Morgan fingerprint density at radius 1 is 1.48 bits per heavy atom. The Bertz CT molecular complexity index is 685. The summed E-state index contributed by atoms with van der Waals surface area (Å²) in [4.78, 5) is 32.2. The molecule has 0 saturated carbocycles. The van der Waals surface area contributed by atoms with Crippen LogP contribution in [0.2, 0.25) is 0 Å². The predicted molar refractivity (Wildman–Crippen MR) is 79.9 cm³/mol. The molecule has 0 atom stereocenters. The molecule has 0 aliphatic rings. The van der Waals surface area contributed by atoms with Gasteiger partial charge in [0, 0.05) is 23.0 Å². The van der Waals surface area contributed by atoms with Gasteiger partial charge in [0.2, 0.25) is 0 Å². The third kappa shape index (κ3) is 4.02. The SMILES string of the molecule is CNC(=O)c1cc(Sc2nc(C)c(CC(=O)O)s2)ccn1. The lowest BCUT2D eigenvalue weighted by atomic mass is 10.3. The van der Waals surface area contributed by atoms with Crippen LogP contribution in [0, 0.1) is 6.92 Å². The maximum Gasteiger partial charge on any atom is 0.308 e. The predicted octanol–water partition coefficient (Wildman–Crippen LogP) is 1.98. The van der Waals surface area contributed by atoms with Gasteiger partial charge >= 0.3 is 5.97 Å². The average molecular weight is 323 g/mol. The fourth-order valence-corrected chi connectivity index (χ4v) is 3.80. The van der Waals surface area contributed by atoms with Crippen molar-refractivity contribution in [2.24, 2.45) is 0 Å². The van der Waals surface area contributed by atoms with E-state index in [0.717, 1.165) is 19.8 Å². The molecule has 1 amide bonds. The zero-order chi connectivity index (χ0) is 15.4. The molecular weight excluding hydrogens is 310 g/mol. The van der Waals surface area contributed by atoms with Crippen LogP contribution in [0.15, 0.2) is 27.6 Å². The number of carbonyl (C=O) groups excluding carboxylic acids is 1. The zero-order valence-corrected chi connectivity index (χ0v) is 13.0. The molecule has 110 valence electrons. The number of hydrogen-bond donors (Lipinski definition) is 2. The van der Waals surface area contributed by atoms with E-state index in [1.54, 1.807) is 32.3 Å². The largest absolute Gasteiger partial charge is 0.481 e. The van der Waals surface area contributed by atoms with E-state index in [0.29, 0.717) is 5.69 Å². The number of pyridine rings is 1. The van der Waals surface area contributed by atoms with Gasteiger partial charge < -0.3 is 10.4 Å². The van der Waals surface area contributed by atoms with Crippen molar-refractivity contribution in [3.63, 3.8) is 0 Å². The standard InChI is InChI=1S/C13H13N3O3S2/c1-7-10(6-11(17)18)21-13(16-7)20-8-3-4-15-9(5-8)12(19)14-2/h3-5H,6H2,1-2H3,(H,14,19)(H,17,18). The molecule has 8 heteroatoms. The summed E-state index contributed by atoms with van der Waals surface area (Å²) >= 11 is 2.74. The number of aromatic nitrogens is 2. The van der Waals surface area contributed by atoms with Crippen molar-refractivity contribution in [2.75, 3.05) is 7.05 Å². The first-order valence-electron chi connectivity index (χ1n) is 6.03. The van der Waals surface area contributed by atoms with E-state index < -0.39 is 5.97 Å². The first-order chi connectivity index (χ1) is 9.99. The quantitative estimate of drug-likeness (QED) is 0.874. The zero-order valence-electron chi connectivity index (χ0n) is 11.4. The van der Waals surface area contributed by atoms with Crippen LogP contribution in [0.5, 0.6) is 0 Å². The van der Waals surface area contributed by atoms with Crippen molar-refractivity contribution >= 4 is 35.0 Å². The summed E-state index contributed by atoms with van der Waals surface area (Å²) in [6.07, 6.45) is 1.54. The molecule has 0 unspecified atom stereocenters. The Hall–Kier alpha value is -1.93. The molecule has 0 bridgehead atoms. The number of rotatable bonds is 5. The highest BCUT2D eigenvalue weighted by Crippen LogP contribution is 2.33. The van der Waals surface area contributed by atoms with Crippen LogP contribution in [-0.2, 0) is 11.2 Å². The number of nitrogens with one attached hydrogen (secondary N) is 1. The molecule has 0 aromatic carbocycles. The summed E-state index contributed by atoms with van der Waals surface area (Å²) < 4.78 is 0.748. The Morgan fingerprint density at radius 2 is 2.24 bits per heavy atom. The Labute approximate surface area is 129 Å². The van der Waals surface area contributed by atoms with E-state index >= 15 is 0 Å². The van der Waals surface area contributed by atoms with Crippen LogP contribution in [-0.4, -0.2) is 34.0 Å². The van der Waals surface area contributed by atoms with Crippen molar-refractivity contribution < 1.29 is 14.7 Å². The van der Waals surface area contributed by atoms with Crippen molar-refractivity contribution in [1.29, 1.82) is 0 Å². The third-order valence-electron chi connectivity index (χ3n) is 2.58. The normalized spacial score (nSPS) is 10.4. The van der Waals surface area contributed by atoms with Gasteiger partial charge in [0.25, 0.3) is 5.91 Å². The second-order valence-corrected chi connectivity index (χ2v) is 6.52. The maximum atomic E-state index is 11.5. The van der Waals surface area contributed by atoms with Gasteiger partial charge in [-0.3, -0.25) is 14.6 Å². The van der Waals surface area contributed by atoms with Crippen LogP contribution in [0.25, 0.3) is 0 Å². The second-order valence-electron chi connectivity index (χ2n) is 4.12. The van der Waals surface area contributed by atoms with Crippen molar-refractivity contribution in [3.05, 3.63) is 34.6 Å². The second kappa shape index (κ2) is 6.68. The molecule has 2 rings (SSSR count). The smallest absolute Gasteiger partial charge is 0.308 e. The summed E-state index contributed by atoms with van der Waals surface area (Å²) in [5, 5.41) is 11.4. The molecule has 2 aromatic heterocycles. The van der Waals surface area contributed by atoms with Gasteiger partial charge in [0.15, 0.2) is 4.34 Å². The van der Waals surface area contributed by atoms with Crippen LogP contribution in [0.4, 0.5) is 0 Å². The van der Waals surface area contributed by atoms with E-state index in [2.05, 4.69) is 15.3 Å². The molecule has 0 aliphatic carbocycles. The first kappa shape index (κ1) is 15.5. The van der Waals surface area contributed by atoms with Crippen LogP contribution >= 0.6 is 23.1 Å². The molecule has 2 heterocycles. The Balaban J connectivity index is 2.18. The molecule has 21 heavy (non-hydrogen) atoms. The lowest BCUT2D eigenvalue weighted by Crippen LogP contribution is -2.18.